The van der Waals surface area contributed by atoms with Gasteiger partial charge in [0, 0.05) is 6.08 Å². The van der Waals surface area contributed by atoms with E-state index in [1.807, 2.05) is 6.92 Å². The van der Waals surface area contributed by atoms with Gasteiger partial charge in [0.15, 0.2) is 0 Å². The van der Waals surface area contributed by atoms with E-state index in [1.165, 1.54) is 6.08 Å². The van der Waals surface area contributed by atoms with Gasteiger partial charge < -0.3 is 6.53 Å². The summed E-state index contributed by atoms with van der Waals surface area (Å²) in [6.07, 6.45) is 5.98. The van der Waals surface area contributed by atoms with Crippen LogP contribution in [0, 0.1) is 0 Å². The third-order valence-electron chi connectivity index (χ3n) is 0.542. The minimum Gasteiger partial charge on any atom is -1.00 e. The van der Waals surface area contributed by atoms with E-state index in [-0.39, 0.29) is 31.0 Å². The minimum atomic E-state index is -0.914. The Kier molecular flexibility index (Phi) is 10.3. The van der Waals surface area contributed by atoms with Crippen LogP contribution in [0.2, 0.25) is 0 Å². The molecule has 0 aliphatic rings. The molecule has 0 aliphatic carbocycles. The average Bonchev–Trinajstić information content (AvgIpc) is 1.66. The molecule has 0 amide bonds. The summed E-state index contributed by atoms with van der Waals surface area (Å²) in [5, 5.41) is 8.02. The maximum absolute atomic E-state index is 9.75. The van der Waals surface area contributed by atoms with Crippen molar-refractivity contribution in [2.45, 2.75) is 6.92 Å². The summed E-state index contributed by atoms with van der Waals surface area (Å²) < 4.78 is 0. The smallest absolute Gasteiger partial charge is 1.00 e. The quantitative estimate of drug-likeness (QED) is 0.280. The fourth-order valence-electron chi connectivity index (χ4n) is 0.249. The number of aliphatic carboxylic acids is 1. The van der Waals surface area contributed by atoms with E-state index in [0.29, 0.717) is 0 Å². The van der Waals surface area contributed by atoms with Gasteiger partial charge in [-0.1, -0.05) is 18.2 Å². The first-order chi connectivity index (χ1) is 3.77. The van der Waals surface area contributed by atoms with E-state index in [2.05, 4.69) is 0 Å². The van der Waals surface area contributed by atoms with Crippen molar-refractivity contribution in [2.24, 2.45) is 0 Å². The third-order valence-corrected chi connectivity index (χ3v) is 0.542. The first-order valence-corrected chi connectivity index (χ1v) is 2.29. The van der Waals surface area contributed by atoms with Gasteiger partial charge in [-0.05, 0) is 6.92 Å². The maximum atomic E-state index is 9.75. The van der Waals surface area contributed by atoms with Crippen molar-refractivity contribution in [1.82, 2.24) is 0 Å². The Balaban J connectivity index is -0.000000245. The van der Waals surface area contributed by atoms with Crippen LogP contribution < -0.4 is 29.6 Å². The van der Waals surface area contributed by atoms with Gasteiger partial charge in [-0.2, -0.15) is 0 Å². The Bertz CT molecular complexity index is 132. The Hall–Kier alpha value is -0.0500. The molecule has 0 fully saturated rings. The summed E-state index contributed by atoms with van der Waals surface area (Å²) in [7, 11) is 0. The van der Waals surface area contributed by atoms with Crippen molar-refractivity contribution >= 4 is 5.97 Å². The number of carbonyl (C=O) groups is 1. The van der Waals surface area contributed by atoms with Gasteiger partial charge in [0.1, 0.15) is 0 Å². The molecular formula is C6H9NaO2. The van der Waals surface area contributed by atoms with Gasteiger partial charge in [0.2, 0.25) is 0 Å². The van der Waals surface area contributed by atoms with Crippen LogP contribution in [-0.4, -0.2) is 11.1 Å². The van der Waals surface area contributed by atoms with Crippen molar-refractivity contribution in [1.29, 1.82) is 0 Å². The number of rotatable bonds is 2. The molecule has 0 aromatic carbocycles. The van der Waals surface area contributed by atoms with Crippen LogP contribution in [-0.2, 0) is 4.79 Å². The van der Waals surface area contributed by atoms with Crippen LogP contribution in [0.1, 0.15) is 8.35 Å². The fourth-order valence-corrected chi connectivity index (χ4v) is 0.249. The molecule has 0 bridgehead atoms. The molecule has 0 atom stereocenters. The molecule has 0 saturated carbocycles. The molecule has 0 radical (unpaired) electrons. The maximum Gasteiger partial charge on any atom is 1.00 e. The Morgan fingerprint density at radius 1 is 1.56 bits per heavy atom. The third kappa shape index (κ3) is 11.5. The van der Waals surface area contributed by atoms with Crippen molar-refractivity contribution in [3.63, 3.8) is 0 Å². The van der Waals surface area contributed by atoms with Crippen LogP contribution in [0.25, 0.3) is 0 Å². The van der Waals surface area contributed by atoms with Gasteiger partial charge in [0.05, 0.1) is 0 Å². The first kappa shape index (κ1) is 11.7. The van der Waals surface area contributed by atoms with Crippen LogP contribution in [0.3, 0.4) is 0 Å². The van der Waals surface area contributed by atoms with Gasteiger partial charge in [-0.3, -0.25) is 0 Å². The molecule has 0 aromatic heterocycles. The zero-order valence-corrected chi connectivity index (χ0v) is 7.66. The molecule has 0 rings (SSSR count). The van der Waals surface area contributed by atoms with Crippen LogP contribution in [0.15, 0.2) is 24.3 Å². The summed E-state index contributed by atoms with van der Waals surface area (Å²) >= 11 is 0. The molecule has 46 valence electrons. The first-order valence-electron chi connectivity index (χ1n) is 2.29. The number of carboxylic acid groups (broad SMARTS) is 1. The molecule has 3 heteroatoms. The molecule has 0 heterocycles. The van der Waals surface area contributed by atoms with E-state index < -0.39 is 5.97 Å². The topological polar surface area (TPSA) is 37.3 Å². The molecule has 0 aromatic rings. The second-order valence-electron chi connectivity index (χ2n) is 1.22. The molecule has 0 saturated heterocycles. The Morgan fingerprint density at radius 3 is 2.44 bits per heavy atom. The summed E-state index contributed by atoms with van der Waals surface area (Å²) in [4.78, 5) is 9.75. The summed E-state index contributed by atoms with van der Waals surface area (Å²) in [6, 6.07) is 0. The number of hydrogen-bond donors (Lipinski definition) is 1. The fraction of sp³-hybridized carbons (Fsp3) is 0.167. The largest absolute Gasteiger partial charge is 1.00 e. The van der Waals surface area contributed by atoms with Crippen molar-refractivity contribution in [2.75, 3.05) is 0 Å². The minimum absolute atomic E-state index is 0. The molecule has 0 spiro atoms. The standard InChI is InChI=1S/C6H8O2.Na.H/c1-2-3-4-5-6(7)8;;/h2-5H,1H3,(H,7,8);;/q;+1;-1/b3-2+,5-4+;;. The molecular weight excluding hydrogens is 127 g/mol. The van der Waals surface area contributed by atoms with Gasteiger partial charge in [0.25, 0.3) is 0 Å². The van der Waals surface area contributed by atoms with Gasteiger partial charge in [-0.25, -0.2) is 4.79 Å². The Morgan fingerprint density at radius 2 is 2.11 bits per heavy atom. The number of hydrogen-bond acceptors (Lipinski definition) is 1. The molecule has 2 nitrogen and oxygen atoms in total. The van der Waals surface area contributed by atoms with E-state index >= 15 is 0 Å². The second kappa shape index (κ2) is 7.95. The average molecular weight is 136 g/mol. The van der Waals surface area contributed by atoms with Crippen molar-refractivity contribution in [3.05, 3.63) is 24.3 Å². The molecule has 9 heavy (non-hydrogen) atoms. The van der Waals surface area contributed by atoms with E-state index in [0.717, 1.165) is 6.08 Å². The van der Waals surface area contributed by atoms with Crippen LogP contribution in [0.5, 0.6) is 0 Å². The van der Waals surface area contributed by atoms with Crippen molar-refractivity contribution < 1.29 is 40.9 Å². The molecule has 0 aliphatic heterocycles. The molecule has 1 N–H and O–H groups in total. The van der Waals surface area contributed by atoms with Crippen molar-refractivity contribution in [3.8, 4) is 0 Å². The van der Waals surface area contributed by atoms with Gasteiger partial charge >= 0.3 is 35.5 Å². The summed E-state index contributed by atoms with van der Waals surface area (Å²) in [6.45, 7) is 1.83. The SMILES string of the molecule is C/C=C/C=C/C(=O)O.[H-].[Na+]. The zero-order chi connectivity index (χ0) is 6.41. The van der Waals surface area contributed by atoms with Gasteiger partial charge in [-0.15, -0.1) is 0 Å². The van der Waals surface area contributed by atoms with Crippen LogP contribution >= 0.6 is 0 Å². The molecule has 0 unspecified atom stereocenters. The number of carboxylic acids is 1. The van der Waals surface area contributed by atoms with E-state index in [9.17, 15) is 4.79 Å². The summed E-state index contributed by atoms with van der Waals surface area (Å²) in [5.41, 5.74) is 0. The Labute approximate surface area is 78.0 Å². The van der Waals surface area contributed by atoms with E-state index in [4.69, 9.17) is 5.11 Å². The summed E-state index contributed by atoms with van der Waals surface area (Å²) in [5.74, 6) is -0.914. The second-order valence-corrected chi connectivity index (χ2v) is 1.22. The predicted octanol–water partition coefficient (Wildman–Crippen LogP) is -1.68. The monoisotopic (exact) mass is 136 g/mol. The zero-order valence-electron chi connectivity index (χ0n) is 6.66. The van der Waals surface area contributed by atoms with Crippen LogP contribution in [0.4, 0.5) is 0 Å². The predicted molar refractivity (Wildman–Crippen MR) is 32.7 cm³/mol. The number of allylic oxidation sites excluding steroid dienone is 3. The normalized spacial score (nSPS) is 9.89. The van der Waals surface area contributed by atoms with E-state index in [1.54, 1.807) is 12.2 Å².